The van der Waals surface area contributed by atoms with Crippen LogP contribution in [0, 0.1) is 17.6 Å². The van der Waals surface area contributed by atoms with Crippen molar-refractivity contribution in [2.75, 3.05) is 19.3 Å². The number of likely N-dealkylation sites (tertiary alicyclic amines) is 1. The first kappa shape index (κ1) is 21.4. The van der Waals surface area contributed by atoms with Crippen molar-refractivity contribution in [3.63, 3.8) is 0 Å². The Hall–Kier alpha value is -1.84. The molecule has 162 valence electrons. The first-order chi connectivity index (χ1) is 14.2. The van der Waals surface area contributed by atoms with Gasteiger partial charge in [0.1, 0.15) is 11.6 Å². The van der Waals surface area contributed by atoms with E-state index in [0.717, 1.165) is 24.0 Å². The van der Waals surface area contributed by atoms with Gasteiger partial charge in [-0.1, -0.05) is 12.5 Å². The van der Waals surface area contributed by atoms with Gasteiger partial charge in [-0.3, -0.25) is 4.79 Å². The zero-order valence-corrected chi connectivity index (χ0v) is 18.2. The van der Waals surface area contributed by atoms with Crippen LogP contribution in [-0.4, -0.2) is 44.6 Å². The molecule has 2 fully saturated rings. The zero-order valence-electron chi connectivity index (χ0n) is 16.6. The summed E-state index contributed by atoms with van der Waals surface area (Å²) in [4.78, 5) is 15.7. The molecule has 0 radical (unpaired) electrons. The summed E-state index contributed by atoms with van der Waals surface area (Å²) in [5.74, 6) is -1.51. The van der Waals surface area contributed by atoms with Crippen LogP contribution in [0.2, 0.25) is 0 Å². The van der Waals surface area contributed by atoms with Crippen molar-refractivity contribution < 1.29 is 22.0 Å². The Morgan fingerprint density at radius 1 is 1.20 bits per heavy atom. The molecule has 9 heteroatoms. The van der Waals surface area contributed by atoms with E-state index in [2.05, 4.69) is 4.72 Å². The third kappa shape index (κ3) is 4.58. The lowest BCUT2D eigenvalue weighted by Crippen LogP contribution is -2.44. The van der Waals surface area contributed by atoms with Gasteiger partial charge < -0.3 is 4.90 Å². The number of amides is 1. The molecule has 4 rings (SSSR count). The fourth-order valence-electron chi connectivity index (χ4n) is 4.30. The fourth-order valence-corrected chi connectivity index (χ4v) is 6.18. The number of nitrogens with zero attached hydrogens (tertiary/aromatic N) is 1. The first-order valence-electron chi connectivity index (χ1n) is 10.0. The van der Waals surface area contributed by atoms with Crippen LogP contribution in [0.25, 0.3) is 11.1 Å². The second-order valence-electron chi connectivity index (χ2n) is 8.11. The van der Waals surface area contributed by atoms with Crippen LogP contribution in [-0.2, 0) is 14.8 Å². The molecule has 1 saturated heterocycles. The Morgan fingerprint density at radius 3 is 2.63 bits per heavy atom. The van der Waals surface area contributed by atoms with Crippen LogP contribution in [0.1, 0.15) is 36.5 Å². The number of carbonyl (C=O) groups is 1. The summed E-state index contributed by atoms with van der Waals surface area (Å²) in [6.45, 7) is 0.956. The summed E-state index contributed by atoms with van der Waals surface area (Å²) < 4.78 is 54.4. The standard InChI is InChI=1S/C21H24F2N2O3S2/c1-30(27,28)24-13-5-2-3-9-25(12-13)21(26)16-11-15(16)20-14(8-10-29-20)19-17(22)6-4-7-18(19)23/h4,6-8,10,13,15-16,24H,2-3,5,9,11-12H2,1H3/t13-,15+,16+/m0/s1. The molecule has 1 aromatic heterocycles. The molecule has 1 saturated carbocycles. The lowest BCUT2D eigenvalue weighted by molar-refractivity contribution is -0.132. The average molecular weight is 455 g/mol. The number of hydrogen-bond acceptors (Lipinski definition) is 4. The SMILES string of the molecule is CS(=O)(=O)N[C@H]1CCCCN(C(=O)[C@@H]2C[C@H]2c2sccc2-c2c(F)cccc2F)C1. The molecule has 1 aromatic carbocycles. The van der Waals surface area contributed by atoms with Crippen molar-refractivity contribution in [2.24, 2.45) is 5.92 Å². The maximum absolute atomic E-state index is 14.3. The van der Waals surface area contributed by atoms with Gasteiger partial charge in [-0.15, -0.1) is 11.3 Å². The van der Waals surface area contributed by atoms with Crippen molar-refractivity contribution in [3.05, 3.63) is 46.2 Å². The van der Waals surface area contributed by atoms with Gasteiger partial charge >= 0.3 is 0 Å². The van der Waals surface area contributed by atoms with Crippen molar-refractivity contribution in [1.82, 2.24) is 9.62 Å². The second-order valence-corrected chi connectivity index (χ2v) is 10.8. The van der Waals surface area contributed by atoms with E-state index in [-0.39, 0.29) is 29.3 Å². The van der Waals surface area contributed by atoms with E-state index in [1.807, 2.05) is 0 Å². The molecular weight excluding hydrogens is 430 g/mol. The molecule has 2 heterocycles. The highest BCUT2D eigenvalue weighted by Gasteiger charge is 2.48. The maximum atomic E-state index is 14.3. The van der Waals surface area contributed by atoms with Crippen LogP contribution in [0.4, 0.5) is 8.78 Å². The summed E-state index contributed by atoms with van der Waals surface area (Å²) in [5, 5.41) is 1.80. The van der Waals surface area contributed by atoms with Gasteiger partial charge in [-0.25, -0.2) is 21.9 Å². The number of hydrogen-bond donors (Lipinski definition) is 1. The second kappa shape index (κ2) is 8.36. The van der Waals surface area contributed by atoms with Gasteiger partial charge in [-0.05, 0) is 42.8 Å². The molecule has 1 aliphatic carbocycles. The van der Waals surface area contributed by atoms with E-state index in [4.69, 9.17) is 0 Å². The Morgan fingerprint density at radius 2 is 1.93 bits per heavy atom. The average Bonchev–Trinajstić information content (AvgIpc) is 3.37. The smallest absolute Gasteiger partial charge is 0.226 e. The van der Waals surface area contributed by atoms with Gasteiger partial charge in [0.05, 0.1) is 11.8 Å². The number of rotatable bonds is 5. The van der Waals surface area contributed by atoms with Crippen molar-refractivity contribution >= 4 is 27.3 Å². The van der Waals surface area contributed by atoms with Crippen LogP contribution < -0.4 is 4.72 Å². The summed E-state index contributed by atoms with van der Waals surface area (Å²) in [6.07, 6.45) is 4.15. The van der Waals surface area contributed by atoms with Crippen LogP contribution in [0.3, 0.4) is 0 Å². The van der Waals surface area contributed by atoms with E-state index >= 15 is 0 Å². The van der Waals surface area contributed by atoms with Crippen molar-refractivity contribution in [3.8, 4) is 11.1 Å². The summed E-state index contributed by atoms with van der Waals surface area (Å²) in [6, 6.07) is 5.24. The molecule has 2 aliphatic rings. The van der Waals surface area contributed by atoms with Gasteiger partial charge in [0, 0.05) is 41.4 Å². The molecule has 1 amide bonds. The number of carbonyl (C=O) groups excluding carboxylic acids is 1. The van der Waals surface area contributed by atoms with E-state index in [1.165, 1.54) is 29.5 Å². The van der Waals surface area contributed by atoms with Crippen molar-refractivity contribution in [1.29, 1.82) is 0 Å². The number of nitrogens with one attached hydrogen (secondary N) is 1. The third-order valence-electron chi connectivity index (χ3n) is 5.74. The number of benzene rings is 1. The summed E-state index contributed by atoms with van der Waals surface area (Å²) in [7, 11) is -3.34. The highest BCUT2D eigenvalue weighted by molar-refractivity contribution is 7.88. The molecule has 5 nitrogen and oxygen atoms in total. The highest BCUT2D eigenvalue weighted by Crippen LogP contribution is 2.53. The van der Waals surface area contributed by atoms with Crippen LogP contribution >= 0.6 is 11.3 Å². The lowest BCUT2D eigenvalue weighted by atomic mass is 10.0. The molecular formula is C21H24F2N2O3S2. The van der Waals surface area contributed by atoms with Gasteiger partial charge in [0.25, 0.3) is 0 Å². The Bertz CT molecular complexity index is 1030. The Balaban J connectivity index is 1.50. The lowest BCUT2D eigenvalue weighted by Gasteiger charge is -2.25. The van der Waals surface area contributed by atoms with E-state index in [0.29, 0.717) is 31.5 Å². The molecule has 0 unspecified atom stereocenters. The quantitative estimate of drug-likeness (QED) is 0.749. The number of thiophene rings is 1. The first-order valence-corrected chi connectivity index (χ1v) is 12.8. The largest absolute Gasteiger partial charge is 0.341 e. The Kier molecular flexibility index (Phi) is 5.96. The minimum Gasteiger partial charge on any atom is -0.341 e. The molecule has 3 atom stereocenters. The van der Waals surface area contributed by atoms with Gasteiger partial charge in [0.2, 0.25) is 15.9 Å². The van der Waals surface area contributed by atoms with Gasteiger partial charge in [-0.2, -0.15) is 0 Å². The van der Waals surface area contributed by atoms with E-state index in [9.17, 15) is 22.0 Å². The molecule has 0 spiro atoms. The van der Waals surface area contributed by atoms with Gasteiger partial charge in [0.15, 0.2) is 0 Å². The predicted octanol–water partition coefficient (Wildman–Crippen LogP) is 3.73. The zero-order chi connectivity index (χ0) is 21.5. The number of sulfonamides is 1. The maximum Gasteiger partial charge on any atom is 0.226 e. The minimum absolute atomic E-state index is 0.00411. The normalized spacial score (nSPS) is 24.5. The minimum atomic E-state index is -3.34. The number of halogens is 2. The highest BCUT2D eigenvalue weighted by atomic mass is 32.2. The van der Waals surface area contributed by atoms with E-state index in [1.54, 1.807) is 16.3 Å². The molecule has 2 aromatic rings. The fraction of sp³-hybridized carbons (Fsp3) is 0.476. The third-order valence-corrected chi connectivity index (χ3v) is 7.55. The molecule has 1 aliphatic heterocycles. The Labute approximate surface area is 179 Å². The van der Waals surface area contributed by atoms with Crippen LogP contribution in [0.15, 0.2) is 29.6 Å². The molecule has 0 bridgehead atoms. The summed E-state index contributed by atoms with van der Waals surface area (Å²) >= 11 is 1.42. The van der Waals surface area contributed by atoms with Crippen molar-refractivity contribution in [2.45, 2.75) is 37.6 Å². The van der Waals surface area contributed by atoms with E-state index < -0.39 is 21.7 Å². The monoisotopic (exact) mass is 454 g/mol. The molecule has 30 heavy (non-hydrogen) atoms. The topological polar surface area (TPSA) is 66.5 Å². The van der Waals surface area contributed by atoms with Crippen LogP contribution in [0.5, 0.6) is 0 Å². The molecule has 1 N–H and O–H groups in total. The predicted molar refractivity (Wildman–Crippen MR) is 113 cm³/mol. The summed E-state index contributed by atoms with van der Waals surface area (Å²) in [5.41, 5.74) is 0.474.